The number of oxazole rings is 1. The Morgan fingerprint density at radius 2 is 2.15 bits per heavy atom. The fourth-order valence-electron chi connectivity index (χ4n) is 2.11. The molecule has 1 aromatic carbocycles. The topological polar surface area (TPSA) is 43.9 Å². The predicted molar refractivity (Wildman–Crippen MR) is 77.7 cm³/mol. The van der Waals surface area contributed by atoms with Gasteiger partial charge in [-0.05, 0) is 12.1 Å². The second kappa shape index (κ2) is 5.51. The van der Waals surface area contributed by atoms with Crippen LogP contribution in [0.5, 0.6) is 0 Å². The van der Waals surface area contributed by atoms with Crippen LogP contribution in [-0.2, 0) is 13.0 Å². The fraction of sp³-hybridized carbons (Fsp3) is 0.200. The molecule has 0 spiro atoms. The van der Waals surface area contributed by atoms with Gasteiger partial charge in [0.2, 0.25) is 5.89 Å². The van der Waals surface area contributed by atoms with Crippen molar-refractivity contribution in [3.63, 3.8) is 0 Å². The Balaban J connectivity index is 1.86. The molecule has 4 nitrogen and oxygen atoms in total. The number of halogens is 1. The lowest BCUT2D eigenvalue weighted by atomic mass is 10.2. The maximum atomic E-state index is 6.14. The summed E-state index contributed by atoms with van der Waals surface area (Å²) in [4.78, 5) is 8.79. The van der Waals surface area contributed by atoms with E-state index in [0.29, 0.717) is 17.5 Å². The minimum absolute atomic E-state index is 0.545. The van der Waals surface area contributed by atoms with E-state index in [1.807, 2.05) is 30.5 Å². The minimum Gasteiger partial charge on any atom is -0.444 e. The lowest BCUT2D eigenvalue weighted by molar-refractivity contribution is 0.571. The van der Waals surface area contributed by atoms with E-state index in [9.17, 15) is 0 Å². The molecule has 2 aromatic heterocycles. The largest absolute Gasteiger partial charge is 0.444 e. The molecule has 0 aliphatic rings. The van der Waals surface area contributed by atoms with Crippen LogP contribution in [0.25, 0.3) is 11.5 Å². The summed E-state index contributed by atoms with van der Waals surface area (Å²) in [6.07, 6.45) is 6.30. The average molecular weight is 288 g/mol. The second-order valence-electron chi connectivity index (χ2n) is 4.45. The van der Waals surface area contributed by atoms with Crippen molar-refractivity contribution in [3.8, 4) is 11.5 Å². The smallest absolute Gasteiger partial charge is 0.227 e. The number of aromatic nitrogens is 3. The minimum atomic E-state index is 0.545. The van der Waals surface area contributed by atoms with Crippen molar-refractivity contribution < 1.29 is 4.42 Å². The van der Waals surface area contributed by atoms with Gasteiger partial charge < -0.3 is 8.98 Å². The maximum absolute atomic E-state index is 6.14. The number of hydrogen-bond donors (Lipinski definition) is 0. The molecule has 3 aromatic rings. The van der Waals surface area contributed by atoms with Crippen LogP contribution in [0.4, 0.5) is 0 Å². The molecule has 0 bridgehead atoms. The molecule has 0 N–H and O–H groups in total. The normalized spacial score (nSPS) is 10.9. The summed E-state index contributed by atoms with van der Waals surface area (Å²) in [5.41, 5.74) is 1.66. The lowest BCUT2D eigenvalue weighted by Crippen LogP contribution is -2.03. The van der Waals surface area contributed by atoms with Crippen LogP contribution in [0.2, 0.25) is 5.02 Å². The third kappa shape index (κ3) is 2.47. The van der Waals surface area contributed by atoms with Crippen molar-refractivity contribution in [1.82, 2.24) is 14.5 Å². The molecule has 0 atom stereocenters. The fourth-order valence-corrected chi connectivity index (χ4v) is 2.33. The molecule has 0 saturated carbocycles. The summed E-state index contributed by atoms with van der Waals surface area (Å²) in [5.74, 6) is 1.58. The average Bonchev–Trinajstić information content (AvgIpc) is 3.09. The van der Waals surface area contributed by atoms with Crippen LogP contribution in [0.3, 0.4) is 0 Å². The van der Waals surface area contributed by atoms with Crippen LogP contribution in [0, 0.1) is 0 Å². The Morgan fingerprint density at radius 3 is 2.95 bits per heavy atom. The first-order valence-corrected chi connectivity index (χ1v) is 6.85. The van der Waals surface area contributed by atoms with Crippen molar-refractivity contribution in [3.05, 3.63) is 59.5 Å². The first-order chi connectivity index (χ1) is 9.78. The highest BCUT2D eigenvalue weighted by Crippen LogP contribution is 2.26. The van der Waals surface area contributed by atoms with Gasteiger partial charge in [-0.2, -0.15) is 0 Å². The Labute approximate surface area is 122 Å². The first kappa shape index (κ1) is 12.9. The molecule has 0 unspecified atom stereocenters. The maximum Gasteiger partial charge on any atom is 0.227 e. The van der Waals surface area contributed by atoms with Crippen molar-refractivity contribution in [2.24, 2.45) is 0 Å². The molecular formula is C15H14ClN3O. The summed E-state index contributed by atoms with van der Waals surface area (Å²) >= 11 is 6.14. The summed E-state index contributed by atoms with van der Waals surface area (Å²) in [5, 5.41) is 0.637. The van der Waals surface area contributed by atoms with Gasteiger partial charge in [-0.15, -0.1) is 0 Å². The van der Waals surface area contributed by atoms with Gasteiger partial charge in [-0.1, -0.05) is 30.7 Å². The highest BCUT2D eigenvalue weighted by atomic mass is 35.5. The van der Waals surface area contributed by atoms with E-state index in [-0.39, 0.29) is 0 Å². The SMILES string of the molecule is CCc1nccn1Cc1coc(-c2ccccc2Cl)n1. The van der Waals surface area contributed by atoms with Crippen molar-refractivity contribution in [2.75, 3.05) is 0 Å². The molecule has 102 valence electrons. The summed E-state index contributed by atoms with van der Waals surface area (Å²) < 4.78 is 7.59. The van der Waals surface area contributed by atoms with Gasteiger partial charge in [-0.3, -0.25) is 0 Å². The van der Waals surface area contributed by atoms with E-state index in [0.717, 1.165) is 23.5 Å². The van der Waals surface area contributed by atoms with Crippen LogP contribution in [0.1, 0.15) is 18.4 Å². The van der Waals surface area contributed by atoms with E-state index in [4.69, 9.17) is 16.0 Å². The molecule has 5 heteroatoms. The van der Waals surface area contributed by atoms with Crippen molar-refractivity contribution >= 4 is 11.6 Å². The standard InChI is InChI=1S/C15H14ClN3O/c1-2-14-17-7-8-19(14)9-11-10-20-15(18-11)12-5-3-4-6-13(12)16/h3-8,10H,2,9H2,1H3. The van der Waals surface area contributed by atoms with Gasteiger partial charge in [0.05, 0.1) is 22.8 Å². The Hall–Kier alpha value is -2.07. The molecule has 20 heavy (non-hydrogen) atoms. The first-order valence-electron chi connectivity index (χ1n) is 6.47. The molecule has 2 heterocycles. The number of aryl methyl sites for hydroxylation is 1. The summed E-state index contributed by atoms with van der Waals surface area (Å²) in [7, 11) is 0. The molecule has 0 saturated heterocycles. The molecule has 0 fully saturated rings. The van der Waals surface area contributed by atoms with Crippen LogP contribution < -0.4 is 0 Å². The highest BCUT2D eigenvalue weighted by Gasteiger charge is 2.11. The third-order valence-electron chi connectivity index (χ3n) is 3.11. The van der Waals surface area contributed by atoms with Crippen LogP contribution in [-0.4, -0.2) is 14.5 Å². The van der Waals surface area contributed by atoms with Crippen molar-refractivity contribution in [2.45, 2.75) is 19.9 Å². The number of nitrogens with zero attached hydrogens (tertiary/aromatic N) is 3. The monoisotopic (exact) mass is 287 g/mol. The number of benzene rings is 1. The van der Waals surface area contributed by atoms with E-state index in [2.05, 4.69) is 21.5 Å². The summed E-state index contributed by atoms with van der Waals surface area (Å²) in [6, 6.07) is 7.52. The molecule has 0 radical (unpaired) electrons. The third-order valence-corrected chi connectivity index (χ3v) is 3.44. The molecule has 3 rings (SSSR count). The van der Waals surface area contributed by atoms with Crippen LogP contribution >= 0.6 is 11.6 Å². The molecule has 0 aliphatic carbocycles. The second-order valence-corrected chi connectivity index (χ2v) is 4.86. The Morgan fingerprint density at radius 1 is 1.30 bits per heavy atom. The number of rotatable bonds is 4. The van der Waals surface area contributed by atoms with Gasteiger partial charge in [0.15, 0.2) is 0 Å². The highest BCUT2D eigenvalue weighted by molar-refractivity contribution is 6.33. The molecule has 0 aliphatic heterocycles. The van der Waals surface area contributed by atoms with Crippen molar-refractivity contribution in [1.29, 1.82) is 0 Å². The lowest BCUT2D eigenvalue weighted by Gasteiger charge is -2.02. The van der Waals surface area contributed by atoms with Gasteiger partial charge >= 0.3 is 0 Å². The van der Waals surface area contributed by atoms with E-state index in [1.54, 1.807) is 12.5 Å². The number of hydrogen-bond acceptors (Lipinski definition) is 3. The van der Waals surface area contributed by atoms with Gasteiger partial charge in [0.1, 0.15) is 12.1 Å². The van der Waals surface area contributed by atoms with Gasteiger partial charge in [0, 0.05) is 18.8 Å². The van der Waals surface area contributed by atoms with E-state index >= 15 is 0 Å². The summed E-state index contributed by atoms with van der Waals surface area (Å²) in [6.45, 7) is 2.73. The Bertz CT molecular complexity index is 717. The molecule has 0 amide bonds. The predicted octanol–water partition coefficient (Wildman–Crippen LogP) is 3.80. The Kier molecular flexibility index (Phi) is 3.56. The van der Waals surface area contributed by atoms with E-state index in [1.165, 1.54) is 0 Å². The number of imidazole rings is 1. The zero-order valence-corrected chi connectivity index (χ0v) is 11.8. The quantitative estimate of drug-likeness (QED) is 0.733. The van der Waals surface area contributed by atoms with E-state index < -0.39 is 0 Å². The zero-order chi connectivity index (χ0) is 13.9. The zero-order valence-electron chi connectivity index (χ0n) is 11.1. The molecular weight excluding hydrogens is 274 g/mol. The van der Waals surface area contributed by atoms with Crippen LogP contribution in [0.15, 0.2) is 47.3 Å². The van der Waals surface area contributed by atoms with Gasteiger partial charge in [0.25, 0.3) is 0 Å². The van der Waals surface area contributed by atoms with Gasteiger partial charge in [-0.25, -0.2) is 9.97 Å².